The van der Waals surface area contributed by atoms with Crippen LogP contribution < -0.4 is 5.32 Å². The molecule has 0 radical (unpaired) electrons. The Bertz CT molecular complexity index is 927. The second kappa shape index (κ2) is 7.74. The Morgan fingerprint density at radius 1 is 1.12 bits per heavy atom. The minimum absolute atomic E-state index is 0.0102. The van der Waals surface area contributed by atoms with Crippen molar-refractivity contribution >= 4 is 27.4 Å². The van der Waals surface area contributed by atoms with E-state index in [9.17, 15) is 18.0 Å². The molecule has 0 saturated heterocycles. The first kappa shape index (κ1) is 19.7. The average Bonchev–Trinajstić information content (AvgIpc) is 2.90. The highest BCUT2D eigenvalue weighted by atomic mass is 32.2. The summed E-state index contributed by atoms with van der Waals surface area (Å²) in [4.78, 5) is 27.6. The highest BCUT2D eigenvalue weighted by molar-refractivity contribution is 7.91. The molecule has 8 heteroatoms. The van der Waals surface area contributed by atoms with Crippen molar-refractivity contribution in [3.05, 3.63) is 46.8 Å². The number of hydrogen-bond acceptors (Lipinski definition) is 5. The van der Waals surface area contributed by atoms with Gasteiger partial charge in [0, 0.05) is 11.4 Å². The summed E-state index contributed by atoms with van der Waals surface area (Å²) in [7, 11) is -3.29. The highest BCUT2D eigenvalue weighted by Gasteiger charge is 2.23. The number of aromatic nitrogens is 1. The lowest BCUT2D eigenvalue weighted by Gasteiger charge is -2.07. The number of ether oxygens (including phenoxy) is 1. The number of carbonyl (C=O) groups excluding carboxylic acids is 2. The minimum atomic E-state index is -3.29. The van der Waals surface area contributed by atoms with E-state index in [1.807, 2.05) is 0 Å². The van der Waals surface area contributed by atoms with Crippen molar-refractivity contribution in [1.29, 1.82) is 0 Å². The predicted octanol–water partition coefficient (Wildman–Crippen LogP) is 2.85. The molecule has 0 aliphatic carbocycles. The van der Waals surface area contributed by atoms with Crippen molar-refractivity contribution in [1.82, 2.24) is 4.98 Å². The number of H-pyrrole nitrogens is 1. The minimum Gasteiger partial charge on any atom is -0.462 e. The van der Waals surface area contributed by atoms with Crippen LogP contribution in [0.3, 0.4) is 0 Å². The molecule has 26 heavy (non-hydrogen) atoms. The van der Waals surface area contributed by atoms with Crippen LogP contribution in [0, 0.1) is 13.8 Å². The number of anilines is 1. The Hall–Kier alpha value is -2.61. The van der Waals surface area contributed by atoms with Crippen LogP contribution in [0.5, 0.6) is 0 Å². The van der Waals surface area contributed by atoms with Gasteiger partial charge >= 0.3 is 5.97 Å². The van der Waals surface area contributed by atoms with Crippen LogP contribution in [-0.4, -0.2) is 37.6 Å². The van der Waals surface area contributed by atoms with Crippen molar-refractivity contribution in [3.63, 3.8) is 0 Å². The number of benzene rings is 1. The lowest BCUT2D eigenvalue weighted by molar-refractivity contribution is 0.0525. The maximum Gasteiger partial charge on any atom is 0.340 e. The lowest BCUT2D eigenvalue weighted by atomic mass is 10.1. The predicted molar refractivity (Wildman–Crippen MR) is 98.3 cm³/mol. The van der Waals surface area contributed by atoms with Gasteiger partial charge in [-0.15, -0.1) is 0 Å². The number of amides is 1. The quantitative estimate of drug-likeness (QED) is 0.752. The Labute approximate surface area is 152 Å². The van der Waals surface area contributed by atoms with E-state index in [0.717, 1.165) is 0 Å². The van der Waals surface area contributed by atoms with Crippen LogP contribution in [0.25, 0.3) is 0 Å². The molecule has 2 rings (SSSR count). The molecule has 1 aromatic carbocycles. The third kappa shape index (κ3) is 3.96. The van der Waals surface area contributed by atoms with E-state index < -0.39 is 21.7 Å². The van der Waals surface area contributed by atoms with E-state index in [2.05, 4.69) is 10.3 Å². The number of esters is 1. The normalized spacial score (nSPS) is 11.2. The van der Waals surface area contributed by atoms with Gasteiger partial charge in [0.25, 0.3) is 5.91 Å². The summed E-state index contributed by atoms with van der Waals surface area (Å²) in [5.41, 5.74) is 2.12. The molecule has 0 aliphatic rings. The first-order chi connectivity index (χ1) is 12.2. The number of carbonyl (C=O) groups is 2. The van der Waals surface area contributed by atoms with E-state index in [4.69, 9.17) is 4.74 Å². The molecule has 0 aliphatic heterocycles. The topological polar surface area (TPSA) is 105 Å². The van der Waals surface area contributed by atoms with Crippen molar-refractivity contribution in [2.75, 3.05) is 17.7 Å². The summed E-state index contributed by atoms with van der Waals surface area (Å²) in [6.07, 6.45) is 0. The van der Waals surface area contributed by atoms with Gasteiger partial charge in [0.2, 0.25) is 0 Å². The molecule has 0 bridgehead atoms. The number of aryl methyl sites for hydroxylation is 1. The number of rotatable bonds is 6. The zero-order chi connectivity index (χ0) is 19.5. The zero-order valence-electron chi connectivity index (χ0n) is 15.2. The number of aromatic amines is 1. The number of nitrogens with one attached hydrogen (secondary N) is 2. The Balaban J connectivity index is 2.23. The average molecular weight is 378 g/mol. The van der Waals surface area contributed by atoms with Gasteiger partial charge in [0.1, 0.15) is 5.69 Å². The van der Waals surface area contributed by atoms with E-state index in [1.165, 1.54) is 24.3 Å². The molecular formula is C18H22N2O5S. The van der Waals surface area contributed by atoms with Crippen LogP contribution >= 0.6 is 0 Å². The standard InChI is InChI=1S/C18H22N2O5S/c1-5-25-18(22)15-11(3)16(19-12(15)4)17(21)20-13-7-9-14(10-8-13)26(23,24)6-2/h7-10,19H,5-6H2,1-4H3,(H,20,21). The molecule has 2 N–H and O–H groups in total. The smallest absolute Gasteiger partial charge is 0.340 e. The first-order valence-electron chi connectivity index (χ1n) is 8.21. The fraction of sp³-hybridized carbons (Fsp3) is 0.333. The van der Waals surface area contributed by atoms with Crippen molar-refractivity contribution in [3.8, 4) is 0 Å². The second-order valence-corrected chi connectivity index (χ2v) is 8.01. The van der Waals surface area contributed by atoms with Gasteiger partial charge in [-0.3, -0.25) is 4.79 Å². The van der Waals surface area contributed by atoms with E-state index in [0.29, 0.717) is 22.5 Å². The molecule has 1 aromatic heterocycles. The van der Waals surface area contributed by atoms with Crippen LogP contribution in [-0.2, 0) is 14.6 Å². The lowest BCUT2D eigenvalue weighted by Crippen LogP contribution is -2.14. The van der Waals surface area contributed by atoms with E-state index >= 15 is 0 Å². The SMILES string of the molecule is CCOC(=O)c1c(C)[nH]c(C(=O)Nc2ccc(S(=O)(=O)CC)cc2)c1C. The molecule has 0 spiro atoms. The van der Waals surface area contributed by atoms with Crippen molar-refractivity contribution in [2.24, 2.45) is 0 Å². The molecular weight excluding hydrogens is 356 g/mol. The maximum atomic E-state index is 12.5. The van der Waals surface area contributed by atoms with Gasteiger partial charge in [-0.1, -0.05) is 6.92 Å². The van der Waals surface area contributed by atoms with Crippen molar-refractivity contribution < 1.29 is 22.7 Å². The van der Waals surface area contributed by atoms with Crippen LogP contribution in [0.4, 0.5) is 5.69 Å². The second-order valence-electron chi connectivity index (χ2n) is 5.73. The summed E-state index contributed by atoms with van der Waals surface area (Å²) in [6, 6.07) is 5.95. The molecule has 0 fully saturated rings. The third-order valence-corrected chi connectivity index (χ3v) is 5.75. The number of hydrogen-bond donors (Lipinski definition) is 2. The van der Waals surface area contributed by atoms with Crippen LogP contribution in [0.1, 0.15) is 46.0 Å². The summed E-state index contributed by atoms with van der Waals surface area (Å²) >= 11 is 0. The first-order valence-corrected chi connectivity index (χ1v) is 9.87. The Morgan fingerprint density at radius 2 is 1.73 bits per heavy atom. The van der Waals surface area contributed by atoms with E-state index in [-0.39, 0.29) is 22.9 Å². The molecule has 0 unspecified atom stereocenters. The molecule has 140 valence electrons. The maximum absolute atomic E-state index is 12.5. The molecule has 1 heterocycles. The fourth-order valence-corrected chi connectivity index (χ4v) is 3.48. The molecule has 1 amide bonds. The van der Waals surface area contributed by atoms with Gasteiger partial charge in [0.05, 0.1) is 22.8 Å². The van der Waals surface area contributed by atoms with Crippen molar-refractivity contribution in [2.45, 2.75) is 32.6 Å². The summed E-state index contributed by atoms with van der Waals surface area (Å²) in [6.45, 7) is 6.90. The van der Waals surface area contributed by atoms with Gasteiger partial charge in [0.15, 0.2) is 9.84 Å². The number of sulfone groups is 1. The summed E-state index contributed by atoms with van der Waals surface area (Å²) in [5, 5.41) is 2.69. The summed E-state index contributed by atoms with van der Waals surface area (Å²) in [5.74, 6) is -0.893. The monoisotopic (exact) mass is 378 g/mol. The Morgan fingerprint density at radius 3 is 2.27 bits per heavy atom. The fourth-order valence-electron chi connectivity index (χ4n) is 2.59. The van der Waals surface area contributed by atoms with Gasteiger partial charge in [-0.25, -0.2) is 13.2 Å². The molecule has 2 aromatic rings. The van der Waals surface area contributed by atoms with Gasteiger partial charge in [-0.2, -0.15) is 0 Å². The van der Waals surface area contributed by atoms with E-state index in [1.54, 1.807) is 27.7 Å². The van der Waals surface area contributed by atoms with Gasteiger partial charge < -0.3 is 15.0 Å². The van der Waals surface area contributed by atoms with Gasteiger partial charge in [-0.05, 0) is 50.6 Å². The van der Waals surface area contributed by atoms with Crippen LogP contribution in [0.2, 0.25) is 0 Å². The molecule has 0 atom stereocenters. The third-order valence-electron chi connectivity index (χ3n) is 4.00. The molecule has 0 saturated carbocycles. The van der Waals surface area contributed by atoms with Crippen LogP contribution in [0.15, 0.2) is 29.2 Å². The molecule has 7 nitrogen and oxygen atoms in total. The largest absolute Gasteiger partial charge is 0.462 e. The highest BCUT2D eigenvalue weighted by Crippen LogP contribution is 2.21. The Kier molecular flexibility index (Phi) is 5.86. The zero-order valence-corrected chi connectivity index (χ0v) is 16.0. The summed E-state index contributed by atoms with van der Waals surface area (Å²) < 4.78 is 28.7.